The van der Waals surface area contributed by atoms with E-state index in [1.54, 1.807) is 0 Å². The molecule has 1 aliphatic rings. The first-order valence-electron chi connectivity index (χ1n) is 7.06. The normalized spacial score (nSPS) is 14.8. The number of carboxylic acid groups (broad SMARTS) is 1. The van der Waals surface area contributed by atoms with Gasteiger partial charge in [-0.15, -0.1) is 0 Å². The molecule has 1 aliphatic heterocycles. The van der Waals surface area contributed by atoms with E-state index >= 15 is 0 Å². The zero-order valence-electron chi connectivity index (χ0n) is 12.3. The number of para-hydroxylation sites is 1. The Morgan fingerprint density at radius 2 is 2.00 bits per heavy atom. The van der Waals surface area contributed by atoms with Gasteiger partial charge in [-0.2, -0.15) is 0 Å². The van der Waals surface area contributed by atoms with Crippen LogP contribution >= 0.6 is 0 Å². The van der Waals surface area contributed by atoms with E-state index in [1.165, 1.54) is 4.90 Å². The van der Waals surface area contributed by atoms with Crippen LogP contribution in [0.2, 0.25) is 0 Å². The second kappa shape index (κ2) is 6.43. The molecule has 2 amide bonds. The van der Waals surface area contributed by atoms with E-state index in [1.807, 2.05) is 44.2 Å². The molecular weight excluding hydrogens is 268 g/mol. The number of carbonyl (C=O) groups excluding carboxylic acids is 1. The number of rotatable bonds is 3. The fourth-order valence-corrected chi connectivity index (χ4v) is 2.24. The van der Waals surface area contributed by atoms with Gasteiger partial charge in [0.05, 0.1) is 0 Å². The first-order chi connectivity index (χ1) is 9.99. The molecule has 1 heterocycles. The molecule has 0 saturated carbocycles. The smallest absolute Gasteiger partial charge is 0.407 e. The van der Waals surface area contributed by atoms with Crippen molar-refractivity contribution >= 4 is 23.3 Å². The molecular formula is C16H20N2O3. The van der Waals surface area contributed by atoms with Crippen LogP contribution in [0, 0.1) is 5.92 Å². The van der Waals surface area contributed by atoms with Crippen LogP contribution in [0.3, 0.4) is 0 Å². The van der Waals surface area contributed by atoms with Crippen LogP contribution in [0.4, 0.5) is 10.5 Å². The average molecular weight is 288 g/mol. The number of nitrogens with one attached hydrogen (secondary N) is 1. The predicted octanol–water partition coefficient (Wildman–Crippen LogP) is 3.05. The summed E-state index contributed by atoms with van der Waals surface area (Å²) in [5.74, 6) is -0.105. The molecule has 0 spiro atoms. The first-order valence-corrected chi connectivity index (χ1v) is 7.06. The van der Waals surface area contributed by atoms with Gasteiger partial charge in [0.1, 0.15) is 0 Å². The van der Waals surface area contributed by atoms with E-state index in [9.17, 15) is 9.59 Å². The van der Waals surface area contributed by atoms with Crippen molar-refractivity contribution in [3.8, 4) is 0 Å². The van der Waals surface area contributed by atoms with Gasteiger partial charge in [-0.1, -0.05) is 38.1 Å². The van der Waals surface area contributed by atoms with Crippen LogP contribution in [0.1, 0.15) is 25.8 Å². The lowest BCUT2D eigenvalue weighted by atomic mass is 9.97. The summed E-state index contributed by atoms with van der Waals surface area (Å²) >= 11 is 0. The summed E-state index contributed by atoms with van der Waals surface area (Å²) in [6.45, 7) is 4.57. The van der Waals surface area contributed by atoms with Crippen molar-refractivity contribution in [2.24, 2.45) is 5.92 Å². The molecule has 2 N–H and O–H groups in total. The van der Waals surface area contributed by atoms with Crippen LogP contribution in [0.25, 0.3) is 5.57 Å². The Morgan fingerprint density at radius 3 is 2.57 bits per heavy atom. The largest absolute Gasteiger partial charge is 0.465 e. The van der Waals surface area contributed by atoms with Gasteiger partial charge in [0.15, 0.2) is 0 Å². The lowest BCUT2D eigenvalue weighted by Crippen LogP contribution is -2.33. The second-order valence-electron chi connectivity index (χ2n) is 5.40. The maximum Gasteiger partial charge on any atom is 0.407 e. The SMILES string of the molecule is CC(C)C(=O)Nc1ccccc1C1=CCN(C(=O)O)CC1. The van der Waals surface area contributed by atoms with E-state index in [4.69, 9.17) is 5.11 Å². The molecule has 0 atom stereocenters. The molecule has 21 heavy (non-hydrogen) atoms. The van der Waals surface area contributed by atoms with E-state index in [0.717, 1.165) is 16.8 Å². The fraction of sp³-hybridized carbons (Fsp3) is 0.375. The van der Waals surface area contributed by atoms with Crippen LogP contribution < -0.4 is 5.32 Å². The summed E-state index contributed by atoms with van der Waals surface area (Å²) in [5.41, 5.74) is 2.83. The van der Waals surface area contributed by atoms with Gasteiger partial charge >= 0.3 is 6.09 Å². The lowest BCUT2D eigenvalue weighted by molar-refractivity contribution is -0.118. The summed E-state index contributed by atoms with van der Waals surface area (Å²) < 4.78 is 0. The van der Waals surface area contributed by atoms with Crippen molar-refractivity contribution in [2.45, 2.75) is 20.3 Å². The topological polar surface area (TPSA) is 69.6 Å². The van der Waals surface area contributed by atoms with Crippen LogP contribution in [-0.4, -0.2) is 35.1 Å². The van der Waals surface area contributed by atoms with Crippen LogP contribution in [0.15, 0.2) is 30.3 Å². The summed E-state index contributed by atoms with van der Waals surface area (Å²) in [5, 5.41) is 11.9. The molecule has 0 aromatic heterocycles. The molecule has 0 fully saturated rings. The van der Waals surface area contributed by atoms with Crippen LogP contribution in [0.5, 0.6) is 0 Å². The molecule has 0 unspecified atom stereocenters. The first kappa shape index (κ1) is 15.1. The quantitative estimate of drug-likeness (QED) is 0.898. The third-order valence-corrected chi connectivity index (χ3v) is 3.53. The van der Waals surface area contributed by atoms with E-state index < -0.39 is 6.09 Å². The molecule has 0 saturated heterocycles. The Hall–Kier alpha value is -2.30. The predicted molar refractivity (Wildman–Crippen MR) is 82.1 cm³/mol. The Balaban J connectivity index is 2.21. The zero-order chi connectivity index (χ0) is 15.4. The van der Waals surface area contributed by atoms with Gasteiger partial charge in [-0.05, 0) is 18.1 Å². The molecule has 0 radical (unpaired) electrons. The minimum atomic E-state index is -0.897. The summed E-state index contributed by atoms with van der Waals surface area (Å²) in [4.78, 5) is 24.2. The number of hydrogen-bond acceptors (Lipinski definition) is 2. The monoisotopic (exact) mass is 288 g/mol. The summed E-state index contributed by atoms with van der Waals surface area (Å²) in [7, 11) is 0. The molecule has 1 aromatic carbocycles. The zero-order valence-corrected chi connectivity index (χ0v) is 12.3. The number of benzene rings is 1. The van der Waals surface area contributed by atoms with Gasteiger partial charge < -0.3 is 15.3 Å². The fourth-order valence-electron chi connectivity index (χ4n) is 2.24. The molecule has 0 bridgehead atoms. The Kier molecular flexibility index (Phi) is 4.62. The van der Waals surface area contributed by atoms with Gasteiger partial charge in [-0.25, -0.2) is 4.79 Å². The standard InChI is InChI=1S/C16H20N2O3/c1-11(2)15(19)17-14-6-4-3-5-13(14)12-7-9-18(10-8-12)16(20)21/h3-7,11H,8-10H2,1-2H3,(H,17,19)(H,20,21). The molecule has 112 valence electrons. The Morgan fingerprint density at radius 1 is 1.29 bits per heavy atom. The molecule has 5 nitrogen and oxygen atoms in total. The van der Waals surface area contributed by atoms with Crippen molar-refractivity contribution in [1.82, 2.24) is 4.90 Å². The number of nitrogens with zero attached hydrogens (tertiary/aromatic N) is 1. The minimum absolute atomic E-state index is 0.0222. The van der Waals surface area contributed by atoms with Gasteiger partial charge in [-0.3, -0.25) is 4.79 Å². The third-order valence-electron chi connectivity index (χ3n) is 3.53. The Bertz CT molecular complexity index is 579. The van der Waals surface area contributed by atoms with Gasteiger partial charge in [0, 0.05) is 30.3 Å². The van der Waals surface area contributed by atoms with E-state index in [-0.39, 0.29) is 11.8 Å². The van der Waals surface area contributed by atoms with E-state index in [0.29, 0.717) is 19.5 Å². The second-order valence-corrected chi connectivity index (χ2v) is 5.40. The van der Waals surface area contributed by atoms with Crippen LogP contribution in [-0.2, 0) is 4.79 Å². The van der Waals surface area contributed by atoms with Crippen molar-refractivity contribution in [3.05, 3.63) is 35.9 Å². The highest BCUT2D eigenvalue weighted by Gasteiger charge is 2.19. The van der Waals surface area contributed by atoms with Crippen molar-refractivity contribution in [1.29, 1.82) is 0 Å². The van der Waals surface area contributed by atoms with Crippen molar-refractivity contribution in [2.75, 3.05) is 18.4 Å². The molecule has 5 heteroatoms. The highest BCUT2D eigenvalue weighted by molar-refractivity contribution is 5.95. The molecule has 1 aromatic rings. The van der Waals surface area contributed by atoms with Gasteiger partial charge in [0.25, 0.3) is 0 Å². The van der Waals surface area contributed by atoms with Gasteiger partial charge in [0.2, 0.25) is 5.91 Å². The maximum atomic E-state index is 11.9. The minimum Gasteiger partial charge on any atom is -0.465 e. The number of hydrogen-bond donors (Lipinski definition) is 2. The number of carbonyl (C=O) groups is 2. The highest BCUT2D eigenvalue weighted by Crippen LogP contribution is 2.28. The number of amides is 2. The van der Waals surface area contributed by atoms with Crippen molar-refractivity contribution in [3.63, 3.8) is 0 Å². The summed E-state index contributed by atoms with van der Waals surface area (Å²) in [6.07, 6.45) is 1.67. The summed E-state index contributed by atoms with van der Waals surface area (Å²) in [6, 6.07) is 7.63. The molecule has 2 rings (SSSR count). The third kappa shape index (κ3) is 3.62. The maximum absolute atomic E-state index is 11.9. The lowest BCUT2D eigenvalue weighted by Gasteiger charge is -2.25. The molecule has 0 aliphatic carbocycles. The average Bonchev–Trinajstić information content (AvgIpc) is 2.47. The Labute approximate surface area is 124 Å². The number of anilines is 1. The van der Waals surface area contributed by atoms with E-state index in [2.05, 4.69) is 5.32 Å². The van der Waals surface area contributed by atoms with Crippen molar-refractivity contribution < 1.29 is 14.7 Å². The highest BCUT2D eigenvalue weighted by atomic mass is 16.4.